The molecule has 0 N–H and O–H groups in total. The summed E-state index contributed by atoms with van der Waals surface area (Å²) in [5.41, 5.74) is 1.37. The van der Waals surface area contributed by atoms with Crippen molar-refractivity contribution >= 4 is 23.5 Å². The summed E-state index contributed by atoms with van der Waals surface area (Å²) in [7, 11) is 1.59. The molecule has 1 aliphatic heterocycles. The van der Waals surface area contributed by atoms with Crippen LogP contribution in [0.25, 0.3) is 6.08 Å². The van der Waals surface area contributed by atoms with Gasteiger partial charge in [0.25, 0.3) is 0 Å². The normalized spacial score (nSPS) is 13.6. The molecule has 24 heavy (non-hydrogen) atoms. The topological polar surface area (TPSA) is 44.8 Å². The monoisotopic (exact) mass is 344 g/mol. The fourth-order valence-corrected chi connectivity index (χ4v) is 2.64. The van der Waals surface area contributed by atoms with Crippen LogP contribution in [0.15, 0.2) is 42.5 Å². The van der Waals surface area contributed by atoms with Crippen molar-refractivity contribution in [2.75, 3.05) is 20.3 Å². The van der Waals surface area contributed by atoms with E-state index in [0.29, 0.717) is 41.0 Å². The molecule has 2 aromatic rings. The summed E-state index contributed by atoms with van der Waals surface area (Å²) >= 11 is 6.25. The van der Waals surface area contributed by atoms with Gasteiger partial charge in [0.15, 0.2) is 17.3 Å². The first-order valence-electron chi connectivity index (χ1n) is 7.63. The van der Waals surface area contributed by atoms with Crippen molar-refractivity contribution in [3.05, 3.63) is 58.6 Å². The number of carbonyl (C=O) groups excluding carboxylic acids is 1. The predicted molar refractivity (Wildman–Crippen MR) is 93.4 cm³/mol. The van der Waals surface area contributed by atoms with Gasteiger partial charge in [-0.3, -0.25) is 4.79 Å². The van der Waals surface area contributed by atoms with Crippen LogP contribution in [0.2, 0.25) is 5.02 Å². The molecule has 0 fully saturated rings. The Hall–Kier alpha value is -2.46. The van der Waals surface area contributed by atoms with E-state index in [1.54, 1.807) is 43.5 Å². The highest BCUT2D eigenvalue weighted by Crippen LogP contribution is 2.38. The average Bonchev–Trinajstić information content (AvgIpc) is 2.85. The van der Waals surface area contributed by atoms with Crippen molar-refractivity contribution in [1.29, 1.82) is 0 Å². The van der Waals surface area contributed by atoms with Gasteiger partial charge >= 0.3 is 0 Å². The van der Waals surface area contributed by atoms with E-state index in [2.05, 4.69) is 0 Å². The number of ether oxygens (including phenoxy) is 3. The Morgan fingerprint density at radius 3 is 2.67 bits per heavy atom. The molecule has 0 saturated heterocycles. The quantitative estimate of drug-likeness (QED) is 0.609. The second-order valence-electron chi connectivity index (χ2n) is 5.31. The maximum Gasteiger partial charge on any atom is 0.185 e. The number of methoxy groups -OCH3 is 1. The number of rotatable bonds is 4. The second-order valence-corrected chi connectivity index (χ2v) is 5.71. The van der Waals surface area contributed by atoms with Crippen LogP contribution in [0.3, 0.4) is 0 Å². The molecular formula is C19H17ClO4. The molecule has 3 rings (SSSR count). The lowest BCUT2D eigenvalue weighted by atomic mass is 10.1. The molecule has 0 aromatic heterocycles. The summed E-state index contributed by atoms with van der Waals surface area (Å²) in [6, 6.07) is 10.5. The van der Waals surface area contributed by atoms with Gasteiger partial charge in [-0.1, -0.05) is 17.7 Å². The van der Waals surface area contributed by atoms with Crippen LogP contribution in [0, 0.1) is 0 Å². The Morgan fingerprint density at radius 2 is 1.92 bits per heavy atom. The molecule has 0 aliphatic carbocycles. The summed E-state index contributed by atoms with van der Waals surface area (Å²) < 4.78 is 16.3. The first-order chi connectivity index (χ1) is 11.7. The maximum absolute atomic E-state index is 12.2. The number of benzene rings is 2. The van der Waals surface area contributed by atoms with Gasteiger partial charge in [0.1, 0.15) is 5.75 Å². The SMILES string of the molecule is COc1ccc(C(=O)/C=C/c2cc(Cl)c3c(c2)OCCCO3)cc1. The van der Waals surface area contributed by atoms with Crippen LogP contribution in [0.5, 0.6) is 17.2 Å². The molecule has 0 saturated carbocycles. The van der Waals surface area contributed by atoms with Gasteiger partial charge in [0.2, 0.25) is 0 Å². The molecule has 0 unspecified atom stereocenters. The van der Waals surface area contributed by atoms with Gasteiger partial charge in [-0.2, -0.15) is 0 Å². The molecule has 2 aromatic carbocycles. The van der Waals surface area contributed by atoms with Crippen molar-refractivity contribution in [2.24, 2.45) is 0 Å². The number of carbonyl (C=O) groups is 1. The van der Waals surface area contributed by atoms with Crippen molar-refractivity contribution < 1.29 is 19.0 Å². The van der Waals surface area contributed by atoms with Gasteiger partial charge in [-0.25, -0.2) is 0 Å². The molecule has 124 valence electrons. The van der Waals surface area contributed by atoms with Crippen LogP contribution in [-0.2, 0) is 0 Å². The van der Waals surface area contributed by atoms with E-state index in [0.717, 1.165) is 12.0 Å². The fourth-order valence-electron chi connectivity index (χ4n) is 2.37. The summed E-state index contributed by atoms with van der Waals surface area (Å²) in [5, 5.41) is 0.478. The summed E-state index contributed by atoms with van der Waals surface area (Å²) in [6.07, 6.45) is 4.04. The highest BCUT2D eigenvalue weighted by Gasteiger charge is 2.15. The van der Waals surface area contributed by atoms with Crippen LogP contribution in [0.4, 0.5) is 0 Å². The smallest absolute Gasteiger partial charge is 0.185 e. The standard InChI is InChI=1S/C19H17ClO4/c1-22-15-6-4-14(5-7-15)17(21)8-3-13-11-16(20)19-18(12-13)23-9-2-10-24-19/h3-8,11-12H,2,9-10H2,1H3/b8-3+. The molecule has 0 bridgehead atoms. The zero-order valence-corrected chi connectivity index (χ0v) is 14.0. The minimum absolute atomic E-state index is 0.0964. The molecule has 0 radical (unpaired) electrons. The molecule has 5 heteroatoms. The third kappa shape index (κ3) is 3.71. The van der Waals surface area contributed by atoms with E-state index in [1.165, 1.54) is 6.08 Å². The second kappa shape index (κ2) is 7.41. The van der Waals surface area contributed by atoms with Gasteiger partial charge in [0.05, 0.1) is 25.3 Å². The fraction of sp³-hybridized carbons (Fsp3) is 0.211. The number of hydrogen-bond donors (Lipinski definition) is 0. The summed E-state index contributed by atoms with van der Waals surface area (Å²) in [6.45, 7) is 1.17. The Bertz CT molecular complexity index is 766. The van der Waals surface area contributed by atoms with E-state index in [1.807, 2.05) is 6.07 Å². The Kier molecular flexibility index (Phi) is 5.06. The van der Waals surface area contributed by atoms with E-state index in [9.17, 15) is 4.79 Å². The highest BCUT2D eigenvalue weighted by atomic mass is 35.5. The lowest BCUT2D eigenvalue weighted by Gasteiger charge is -2.09. The molecular weight excluding hydrogens is 328 g/mol. The summed E-state index contributed by atoms with van der Waals surface area (Å²) in [4.78, 5) is 12.2. The largest absolute Gasteiger partial charge is 0.497 e. The lowest BCUT2D eigenvalue weighted by Crippen LogP contribution is -1.97. The zero-order chi connectivity index (χ0) is 16.9. The third-order valence-electron chi connectivity index (χ3n) is 3.63. The number of fused-ring (bicyclic) bond motifs is 1. The first kappa shape index (κ1) is 16.4. The van der Waals surface area contributed by atoms with Gasteiger partial charge < -0.3 is 14.2 Å². The lowest BCUT2D eigenvalue weighted by molar-refractivity contribution is 0.104. The molecule has 1 heterocycles. The first-order valence-corrected chi connectivity index (χ1v) is 8.01. The van der Waals surface area contributed by atoms with Crippen molar-refractivity contribution in [3.63, 3.8) is 0 Å². The Morgan fingerprint density at radius 1 is 1.17 bits per heavy atom. The number of ketones is 1. The van der Waals surface area contributed by atoms with Gasteiger partial charge in [0, 0.05) is 12.0 Å². The minimum Gasteiger partial charge on any atom is -0.497 e. The molecule has 0 spiro atoms. The van der Waals surface area contributed by atoms with Crippen LogP contribution < -0.4 is 14.2 Å². The molecule has 4 nitrogen and oxygen atoms in total. The molecule has 0 amide bonds. The number of hydrogen-bond acceptors (Lipinski definition) is 4. The van der Waals surface area contributed by atoms with Gasteiger partial charge in [-0.15, -0.1) is 0 Å². The molecule has 1 aliphatic rings. The van der Waals surface area contributed by atoms with Crippen LogP contribution in [-0.4, -0.2) is 26.1 Å². The Balaban J connectivity index is 1.79. The van der Waals surface area contributed by atoms with Crippen LogP contribution in [0.1, 0.15) is 22.3 Å². The average molecular weight is 345 g/mol. The van der Waals surface area contributed by atoms with Crippen LogP contribution >= 0.6 is 11.6 Å². The predicted octanol–water partition coefficient (Wildman–Crippen LogP) is 4.41. The zero-order valence-electron chi connectivity index (χ0n) is 13.3. The van der Waals surface area contributed by atoms with Crippen molar-refractivity contribution in [2.45, 2.75) is 6.42 Å². The third-order valence-corrected chi connectivity index (χ3v) is 3.91. The highest BCUT2D eigenvalue weighted by molar-refractivity contribution is 6.32. The van der Waals surface area contributed by atoms with Crippen molar-refractivity contribution in [1.82, 2.24) is 0 Å². The number of halogens is 1. The van der Waals surface area contributed by atoms with Crippen molar-refractivity contribution in [3.8, 4) is 17.2 Å². The number of allylic oxidation sites excluding steroid dienone is 1. The summed E-state index contributed by atoms with van der Waals surface area (Å²) in [5.74, 6) is 1.79. The Labute approximate surface area is 145 Å². The van der Waals surface area contributed by atoms with E-state index in [4.69, 9.17) is 25.8 Å². The maximum atomic E-state index is 12.2. The minimum atomic E-state index is -0.0964. The van der Waals surface area contributed by atoms with E-state index >= 15 is 0 Å². The van der Waals surface area contributed by atoms with E-state index in [-0.39, 0.29) is 5.78 Å². The van der Waals surface area contributed by atoms with E-state index < -0.39 is 0 Å². The van der Waals surface area contributed by atoms with Gasteiger partial charge in [-0.05, 0) is 48.0 Å². The molecule has 0 atom stereocenters.